The van der Waals surface area contributed by atoms with E-state index in [1.807, 2.05) is 18.2 Å². The second kappa shape index (κ2) is 6.18. The summed E-state index contributed by atoms with van der Waals surface area (Å²) in [4.78, 5) is 0. The van der Waals surface area contributed by atoms with Crippen molar-refractivity contribution in [3.05, 3.63) is 28.8 Å². The van der Waals surface area contributed by atoms with Gasteiger partial charge in [0.25, 0.3) is 0 Å². The zero-order chi connectivity index (χ0) is 15.7. The van der Waals surface area contributed by atoms with Gasteiger partial charge in [-0.3, -0.25) is 0 Å². The van der Waals surface area contributed by atoms with Crippen LogP contribution >= 0.6 is 11.6 Å². The molecular weight excluding hydrogens is 284 g/mol. The fourth-order valence-corrected chi connectivity index (χ4v) is 3.63. The van der Waals surface area contributed by atoms with Gasteiger partial charge >= 0.3 is 0 Å². The Kier molecular flexibility index (Phi) is 4.89. The van der Waals surface area contributed by atoms with Crippen molar-refractivity contribution in [2.24, 2.45) is 11.3 Å². The third-order valence-corrected chi connectivity index (χ3v) is 5.14. The van der Waals surface area contributed by atoms with Gasteiger partial charge in [-0.1, -0.05) is 32.4 Å². The van der Waals surface area contributed by atoms with E-state index in [-0.39, 0.29) is 0 Å². The maximum Gasteiger partial charge on any atom is 0.122 e. The fourth-order valence-electron chi connectivity index (χ4n) is 3.44. The van der Waals surface area contributed by atoms with Gasteiger partial charge in [-0.15, -0.1) is 0 Å². The lowest BCUT2D eigenvalue weighted by Gasteiger charge is -2.41. The van der Waals surface area contributed by atoms with Gasteiger partial charge in [-0.25, -0.2) is 0 Å². The van der Waals surface area contributed by atoms with Crippen LogP contribution < -0.4 is 4.74 Å². The summed E-state index contributed by atoms with van der Waals surface area (Å²) in [6.45, 7) is 6.88. The van der Waals surface area contributed by atoms with Crippen LogP contribution in [0.25, 0.3) is 0 Å². The van der Waals surface area contributed by atoms with E-state index in [0.717, 1.165) is 37.0 Å². The first-order valence-corrected chi connectivity index (χ1v) is 8.16. The molecule has 0 heterocycles. The lowest BCUT2D eigenvalue weighted by molar-refractivity contribution is -0.0248. The molecular formula is C18H27ClO2. The van der Waals surface area contributed by atoms with Crippen LogP contribution in [0.15, 0.2) is 18.2 Å². The van der Waals surface area contributed by atoms with Crippen molar-refractivity contribution in [2.75, 3.05) is 7.11 Å². The number of hydrogen-bond donors (Lipinski definition) is 1. The minimum absolute atomic E-state index is 0.328. The van der Waals surface area contributed by atoms with E-state index >= 15 is 0 Å². The molecule has 1 fully saturated rings. The normalized spacial score (nSPS) is 26.7. The highest BCUT2D eigenvalue weighted by Crippen LogP contribution is 2.43. The monoisotopic (exact) mass is 310 g/mol. The molecule has 0 amide bonds. The largest absolute Gasteiger partial charge is 0.496 e. The summed E-state index contributed by atoms with van der Waals surface area (Å²) in [7, 11) is 1.66. The molecule has 2 rings (SSSR count). The number of hydrogen-bond acceptors (Lipinski definition) is 2. The van der Waals surface area contributed by atoms with E-state index < -0.39 is 5.60 Å². The molecule has 0 atom stereocenters. The van der Waals surface area contributed by atoms with Crippen LogP contribution in [-0.4, -0.2) is 17.8 Å². The molecule has 1 aliphatic rings. The molecule has 3 heteroatoms. The number of ether oxygens (including phenoxy) is 1. The van der Waals surface area contributed by atoms with Gasteiger partial charge in [-0.2, -0.15) is 0 Å². The van der Waals surface area contributed by atoms with Crippen LogP contribution in [0.5, 0.6) is 5.75 Å². The molecule has 0 bridgehead atoms. The maximum absolute atomic E-state index is 10.9. The third kappa shape index (κ3) is 4.14. The van der Waals surface area contributed by atoms with Gasteiger partial charge in [0.15, 0.2) is 0 Å². The number of halogens is 1. The minimum atomic E-state index is -0.625. The molecule has 0 radical (unpaired) electrons. The number of aliphatic hydroxyl groups is 1. The summed E-state index contributed by atoms with van der Waals surface area (Å²) in [5.41, 5.74) is 0.705. The molecule has 0 spiro atoms. The first kappa shape index (κ1) is 16.6. The molecule has 0 aromatic heterocycles. The quantitative estimate of drug-likeness (QED) is 0.864. The first-order valence-electron chi connectivity index (χ1n) is 7.78. The van der Waals surface area contributed by atoms with E-state index in [2.05, 4.69) is 20.8 Å². The average Bonchev–Trinajstić information content (AvgIpc) is 2.38. The van der Waals surface area contributed by atoms with Crippen LogP contribution in [0.1, 0.15) is 52.0 Å². The fraction of sp³-hybridized carbons (Fsp3) is 0.667. The highest BCUT2D eigenvalue weighted by Gasteiger charge is 2.37. The molecule has 0 aliphatic heterocycles. The average molecular weight is 311 g/mol. The molecule has 2 nitrogen and oxygen atoms in total. The van der Waals surface area contributed by atoms with Crippen LogP contribution in [0.2, 0.25) is 5.02 Å². The van der Waals surface area contributed by atoms with Gasteiger partial charge in [0.1, 0.15) is 5.75 Å². The van der Waals surface area contributed by atoms with Gasteiger partial charge in [0.2, 0.25) is 0 Å². The Hall–Kier alpha value is -0.730. The lowest BCUT2D eigenvalue weighted by Crippen LogP contribution is -2.39. The van der Waals surface area contributed by atoms with Crippen molar-refractivity contribution < 1.29 is 9.84 Å². The molecule has 1 N–H and O–H groups in total. The summed E-state index contributed by atoms with van der Waals surface area (Å²) in [5.74, 6) is 1.50. The Morgan fingerprint density at radius 1 is 1.29 bits per heavy atom. The second-order valence-electron chi connectivity index (χ2n) is 7.50. The molecule has 1 saturated carbocycles. The van der Waals surface area contributed by atoms with Crippen LogP contribution in [-0.2, 0) is 6.42 Å². The molecule has 1 aromatic carbocycles. The van der Waals surface area contributed by atoms with Crippen molar-refractivity contribution in [3.8, 4) is 5.75 Å². The van der Waals surface area contributed by atoms with Gasteiger partial charge in [0.05, 0.1) is 12.7 Å². The highest BCUT2D eigenvalue weighted by atomic mass is 35.5. The number of benzene rings is 1. The van der Waals surface area contributed by atoms with Crippen LogP contribution in [0, 0.1) is 11.3 Å². The number of methoxy groups -OCH3 is 1. The standard InChI is InChI=1S/C18H27ClO2/c1-17(2,3)14-7-9-18(20,10-8-14)12-13-11-15(19)5-6-16(13)21-4/h5-6,11,14,20H,7-10,12H2,1-4H3. The highest BCUT2D eigenvalue weighted by molar-refractivity contribution is 6.30. The van der Waals surface area contributed by atoms with E-state index in [1.165, 1.54) is 0 Å². The summed E-state index contributed by atoms with van der Waals surface area (Å²) in [6.07, 6.45) is 4.49. The Morgan fingerprint density at radius 2 is 1.90 bits per heavy atom. The van der Waals surface area contributed by atoms with Crippen LogP contribution in [0.3, 0.4) is 0 Å². The van der Waals surface area contributed by atoms with Crippen LogP contribution in [0.4, 0.5) is 0 Å². The zero-order valence-corrected chi connectivity index (χ0v) is 14.3. The minimum Gasteiger partial charge on any atom is -0.496 e. The molecule has 1 aliphatic carbocycles. The van der Waals surface area contributed by atoms with Crippen molar-refractivity contribution in [3.63, 3.8) is 0 Å². The Balaban J connectivity index is 2.08. The van der Waals surface area contributed by atoms with Gasteiger partial charge in [-0.05, 0) is 60.8 Å². The predicted octanol–water partition coefficient (Wildman–Crippen LogP) is 4.86. The molecule has 118 valence electrons. The SMILES string of the molecule is COc1ccc(Cl)cc1CC1(O)CCC(C(C)(C)C)CC1. The van der Waals surface area contributed by atoms with Crippen molar-refractivity contribution in [1.29, 1.82) is 0 Å². The summed E-state index contributed by atoms with van der Waals surface area (Å²) < 4.78 is 5.39. The summed E-state index contributed by atoms with van der Waals surface area (Å²) in [6, 6.07) is 5.61. The van der Waals surface area contributed by atoms with Gasteiger partial charge < -0.3 is 9.84 Å². The number of rotatable bonds is 3. The zero-order valence-electron chi connectivity index (χ0n) is 13.6. The first-order chi connectivity index (χ1) is 9.73. The Bertz CT molecular complexity index is 482. The topological polar surface area (TPSA) is 29.5 Å². The van der Waals surface area contributed by atoms with E-state index in [4.69, 9.17) is 16.3 Å². The summed E-state index contributed by atoms with van der Waals surface area (Å²) >= 11 is 6.08. The third-order valence-electron chi connectivity index (χ3n) is 4.90. The Labute approximate surface area is 133 Å². The molecule has 1 aromatic rings. The summed E-state index contributed by atoms with van der Waals surface area (Å²) in [5, 5.41) is 11.6. The molecule has 0 unspecified atom stereocenters. The second-order valence-corrected chi connectivity index (χ2v) is 7.93. The van der Waals surface area contributed by atoms with Crippen molar-refractivity contribution >= 4 is 11.6 Å². The van der Waals surface area contributed by atoms with Crippen molar-refractivity contribution in [1.82, 2.24) is 0 Å². The van der Waals surface area contributed by atoms with Crippen molar-refractivity contribution in [2.45, 2.75) is 58.5 Å². The van der Waals surface area contributed by atoms with E-state index in [9.17, 15) is 5.11 Å². The predicted molar refractivity (Wildman–Crippen MR) is 88.1 cm³/mol. The lowest BCUT2D eigenvalue weighted by atomic mass is 9.67. The van der Waals surface area contributed by atoms with Gasteiger partial charge in [0, 0.05) is 11.4 Å². The molecule has 21 heavy (non-hydrogen) atoms. The smallest absolute Gasteiger partial charge is 0.122 e. The van der Waals surface area contributed by atoms with E-state index in [0.29, 0.717) is 22.8 Å². The van der Waals surface area contributed by atoms with E-state index in [1.54, 1.807) is 7.11 Å². The molecule has 0 saturated heterocycles. The maximum atomic E-state index is 10.9. The Morgan fingerprint density at radius 3 is 2.43 bits per heavy atom.